The maximum atomic E-state index is 12.0. The van der Waals surface area contributed by atoms with Crippen LogP contribution in [0.25, 0.3) is 0 Å². The number of hydrogen-bond donors (Lipinski definition) is 2. The van der Waals surface area contributed by atoms with Crippen molar-refractivity contribution >= 4 is 17.7 Å². The standard InChI is InChI=1S/C14H20N2OS/c1-10(18-2)8-16-14(17)13-7-11-5-3-4-6-12(11)9-15-13/h3-6,10,13,15H,7-9H2,1-2H3,(H,16,17)/t10?,13-/m1/s1. The molecular formula is C14H20N2OS. The Balaban J connectivity index is 1.90. The average molecular weight is 264 g/mol. The van der Waals surface area contributed by atoms with Gasteiger partial charge in [0, 0.05) is 18.3 Å². The number of benzene rings is 1. The SMILES string of the molecule is CSC(C)CNC(=O)[C@H]1Cc2ccccc2CN1. The van der Waals surface area contributed by atoms with Crippen molar-refractivity contribution in [3.05, 3.63) is 35.4 Å². The molecule has 0 fully saturated rings. The van der Waals surface area contributed by atoms with Gasteiger partial charge in [-0.3, -0.25) is 4.79 Å². The molecule has 0 saturated carbocycles. The van der Waals surface area contributed by atoms with Gasteiger partial charge in [0.1, 0.15) is 0 Å². The first kappa shape index (κ1) is 13.4. The number of rotatable bonds is 4. The van der Waals surface area contributed by atoms with Gasteiger partial charge in [-0.1, -0.05) is 31.2 Å². The zero-order valence-electron chi connectivity index (χ0n) is 10.9. The monoisotopic (exact) mass is 264 g/mol. The van der Waals surface area contributed by atoms with Crippen molar-refractivity contribution in [1.82, 2.24) is 10.6 Å². The van der Waals surface area contributed by atoms with Gasteiger partial charge < -0.3 is 10.6 Å². The van der Waals surface area contributed by atoms with Crippen molar-refractivity contribution in [2.75, 3.05) is 12.8 Å². The number of hydrogen-bond acceptors (Lipinski definition) is 3. The highest BCUT2D eigenvalue weighted by molar-refractivity contribution is 7.99. The van der Waals surface area contributed by atoms with Crippen molar-refractivity contribution in [3.8, 4) is 0 Å². The molecule has 0 aliphatic carbocycles. The van der Waals surface area contributed by atoms with Gasteiger partial charge in [0.25, 0.3) is 0 Å². The third-order valence-corrected chi connectivity index (χ3v) is 4.34. The van der Waals surface area contributed by atoms with E-state index in [1.54, 1.807) is 11.8 Å². The molecule has 18 heavy (non-hydrogen) atoms. The minimum Gasteiger partial charge on any atom is -0.354 e. The molecule has 1 amide bonds. The van der Waals surface area contributed by atoms with Crippen LogP contribution in [0.2, 0.25) is 0 Å². The lowest BCUT2D eigenvalue weighted by molar-refractivity contribution is -0.123. The Morgan fingerprint density at radius 3 is 2.94 bits per heavy atom. The molecule has 0 aromatic heterocycles. The smallest absolute Gasteiger partial charge is 0.237 e. The minimum atomic E-state index is -0.0889. The largest absolute Gasteiger partial charge is 0.354 e. The third kappa shape index (κ3) is 3.27. The van der Waals surface area contributed by atoms with Crippen molar-refractivity contribution in [1.29, 1.82) is 0 Å². The Hall–Kier alpha value is -1.00. The molecule has 2 atom stereocenters. The minimum absolute atomic E-state index is 0.0889. The summed E-state index contributed by atoms with van der Waals surface area (Å²) in [6, 6.07) is 8.22. The second kappa shape index (κ2) is 6.25. The summed E-state index contributed by atoms with van der Waals surface area (Å²) in [6.07, 6.45) is 2.85. The Morgan fingerprint density at radius 1 is 1.50 bits per heavy atom. The highest BCUT2D eigenvalue weighted by Crippen LogP contribution is 2.16. The second-order valence-electron chi connectivity index (χ2n) is 4.70. The summed E-state index contributed by atoms with van der Waals surface area (Å²) >= 11 is 1.77. The lowest BCUT2D eigenvalue weighted by atomic mass is 9.95. The zero-order chi connectivity index (χ0) is 13.0. The van der Waals surface area contributed by atoms with Gasteiger partial charge in [-0.15, -0.1) is 0 Å². The predicted molar refractivity (Wildman–Crippen MR) is 76.8 cm³/mol. The zero-order valence-corrected chi connectivity index (χ0v) is 11.7. The summed E-state index contributed by atoms with van der Waals surface area (Å²) in [6.45, 7) is 3.64. The molecule has 98 valence electrons. The van der Waals surface area contributed by atoms with Crippen LogP contribution >= 0.6 is 11.8 Å². The Labute approximate surface area is 113 Å². The first-order chi connectivity index (χ1) is 8.70. The van der Waals surface area contributed by atoms with E-state index in [1.165, 1.54) is 11.1 Å². The van der Waals surface area contributed by atoms with Crippen molar-refractivity contribution in [2.45, 2.75) is 31.2 Å². The highest BCUT2D eigenvalue weighted by atomic mass is 32.2. The van der Waals surface area contributed by atoms with Crippen LogP contribution in [-0.2, 0) is 17.8 Å². The summed E-state index contributed by atoms with van der Waals surface area (Å²) in [5.41, 5.74) is 2.59. The van der Waals surface area contributed by atoms with E-state index in [-0.39, 0.29) is 11.9 Å². The van der Waals surface area contributed by atoms with Gasteiger partial charge in [0.2, 0.25) is 5.91 Å². The van der Waals surface area contributed by atoms with Crippen molar-refractivity contribution < 1.29 is 4.79 Å². The fourth-order valence-corrected chi connectivity index (χ4v) is 2.34. The van der Waals surface area contributed by atoms with Crippen LogP contribution in [0.3, 0.4) is 0 Å². The Morgan fingerprint density at radius 2 is 2.22 bits per heavy atom. The van der Waals surface area contributed by atoms with Crippen LogP contribution in [0.5, 0.6) is 0 Å². The van der Waals surface area contributed by atoms with E-state index in [4.69, 9.17) is 0 Å². The van der Waals surface area contributed by atoms with Crippen LogP contribution in [0.4, 0.5) is 0 Å². The summed E-state index contributed by atoms with van der Waals surface area (Å²) in [4.78, 5) is 12.0. The number of fused-ring (bicyclic) bond motifs is 1. The summed E-state index contributed by atoms with van der Waals surface area (Å²) < 4.78 is 0. The molecule has 1 aromatic carbocycles. The summed E-state index contributed by atoms with van der Waals surface area (Å²) in [7, 11) is 0. The molecule has 1 heterocycles. The molecule has 0 spiro atoms. The van der Waals surface area contributed by atoms with E-state index in [9.17, 15) is 4.79 Å². The predicted octanol–water partition coefficient (Wildman–Crippen LogP) is 1.57. The molecule has 0 bridgehead atoms. The fourth-order valence-electron chi connectivity index (χ4n) is 2.09. The van der Waals surface area contributed by atoms with Crippen LogP contribution in [0, 0.1) is 0 Å². The second-order valence-corrected chi connectivity index (χ2v) is 5.97. The van der Waals surface area contributed by atoms with E-state index in [2.05, 4.69) is 35.9 Å². The molecule has 1 aromatic rings. The fraction of sp³-hybridized carbons (Fsp3) is 0.500. The van der Waals surface area contributed by atoms with Crippen LogP contribution in [-0.4, -0.2) is 30.0 Å². The lowest BCUT2D eigenvalue weighted by Crippen LogP contribution is -2.48. The van der Waals surface area contributed by atoms with Crippen molar-refractivity contribution in [3.63, 3.8) is 0 Å². The first-order valence-electron chi connectivity index (χ1n) is 6.31. The van der Waals surface area contributed by atoms with Gasteiger partial charge in [-0.25, -0.2) is 0 Å². The van der Waals surface area contributed by atoms with Gasteiger partial charge in [-0.2, -0.15) is 11.8 Å². The topological polar surface area (TPSA) is 41.1 Å². The third-order valence-electron chi connectivity index (χ3n) is 3.36. The van der Waals surface area contributed by atoms with Gasteiger partial charge in [0.05, 0.1) is 6.04 Å². The van der Waals surface area contributed by atoms with E-state index in [1.807, 2.05) is 12.1 Å². The van der Waals surface area contributed by atoms with E-state index >= 15 is 0 Å². The normalized spacial score (nSPS) is 20.0. The summed E-state index contributed by atoms with van der Waals surface area (Å²) in [5, 5.41) is 6.77. The molecule has 2 N–H and O–H groups in total. The van der Waals surface area contributed by atoms with Gasteiger partial charge in [0.15, 0.2) is 0 Å². The molecule has 1 aliphatic rings. The first-order valence-corrected chi connectivity index (χ1v) is 7.60. The highest BCUT2D eigenvalue weighted by Gasteiger charge is 2.23. The molecule has 0 saturated heterocycles. The molecule has 1 unspecified atom stereocenters. The van der Waals surface area contributed by atoms with Gasteiger partial charge in [-0.05, 0) is 23.8 Å². The maximum absolute atomic E-state index is 12.0. The number of carbonyl (C=O) groups excluding carboxylic acids is 1. The molecule has 3 nitrogen and oxygen atoms in total. The van der Waals surface area contributed by atoms with E-state index in [0.29, 0.717) is 5.25 Å². The number of amides is 1. The van der Waals surface area contributed by atoms with Gasteiger partial charge >= 0.3 is 0 Å². The Kier molecular flexibility index (Phi) is 4.66. The molecule has 1 aliphatic heterocycles. The molecule has 2 rings (SSSR count). The molecular weight excluding hydrogens is 244 g/mol. The molecule has 4 heteroatoms. The molecule has 0 radical (unpaired) electrons. The number of nitrogens with one attached hydrogen (secondary N) is 2. The quantitative estimate of drug-likeness (QED) is 0.867. The Bertz CT molecular complexity index is 422. The number of carbonyl (C=O) groups is 1. The number of thioether (sulfide) groups is 1. The van der Waals surface area contributed by atoms with Crippen molar-refractivity contribution in [2.24, 2.45) is 0 Å². The average Bonchev–Trinajstić information content (AvgIpc) is 2.43. The van der Waals surface area contributed by atoms with Crippen LogP contribution < -0.4 is 10.6 Å². The lowest BCUT2D eigenvalue weighted by Gasteiger charge is -2.25. The van der Waals surface area contributed by atoms with Crippen LogP contribution in [0.15, 0.2) is 24.3 Å². The van der Waals surface area contributed by atoms with E-state index in [0.717, 1.165) is 19.5 Å². The summed E-state index contributed by atoms with van der Waals surface area (Å²) in [5.74, 6) is 0.116. The van der Waals surface area contributed by atoms with E-state index < -0.39 is 0 Å². The maximum Gasteiger partial charge on any atom is 0.237 e. The van der Waals surface area contributed by atoms with Crippen LogP contribution in [0.1, 0.15) is 18.1 Å².